The smallest absolute Gasteiger partial charge is 0.237 e. The molecule has 4 nitrogen and oxygen atoms in total. The van der Waals surface area contributed by atoms with E-state index in [2.05, 4.69) is 11.9 Å². The fraction of sp³-hybridized carbons (Fsp3) is 0.889. The molecular formula is C9H19Cl2N3O. The van der Waals surface area contributed by atoms with Gasteiger partial charge in [-0.2, -0.15) is 0 Å². The van der Waals surface area contributed by atoms with Crippen LogP contribution in [0.15, 0.2) is 0 Å². The Morgan fingerprint density at radius 2 is 1.67 bits per heavy atom. The molecule has 4 N–H and O–H groups in total. The van der Waals surface area contributed by atoms with Crippen LogP contribution in [0.1, 0.15) is 25.7 Å². The van der Waals surface area contributed by atoms with Crippen molar-refractivity contribution in [2.45, 2.75) is 43.3 Å². The van der Waals surface area contributed by atoms with E-state index in [-0.39, 0.29) is 30.7 Å². The standard InChI is InChI=1S/C9H17N3O.2ClH/c1-12-6-2-3-7(12)5-9(11,4-6)8(10)13;;/h6-7H,2-5,11H2,1H3,(H2,10,13);2*1H. The summed E-state index contributed by atoms with van der Waals surface area (Å²) in [7, 11) is 2.11. The van der Waals surface area contributed by atoms with Gasteiger partial charge in [-0.3, -0.25) is 4.79 Å². The summed E-state index contributed by atoms with van der Waals surface area (Å²) in [4.78, 5) is 13.5. The predicted molar refractivity (Wildman–Crippen MR) is 64.4 cm³/mol. The summed E-state index contributed by atoms with van der Waals surface area (Å²) in [6.45, 7) is 0. The number of halogens is 2. The summed E-state index contributed by atoms with van der Waals surface area (Å²) in [6, 6.07) is 0.937. The highest BCUT2D eigenvalue weighted by molar-refractivity contribution is 5.85. The van der Waals surface area contributed by atoms with E-state index in [0.29, 0.717) is 12.1 Å². The Bertz CT molecular complexity index is 236. The normalized spacial score (nSPS) is 39.1. The van der Waals surface area contributed by atoms with Crippen LogP contribution in [0.2, 0.25) is 0 Å². The molecule has 0 spiro atoms. The highest BCUT2D eigenvalue weighted by atomic mass is 35.5. The van der Waals surface area contributed by atoms with Crippen molar-refractivity contribution in [2.75, 3.05) is 7.05 Å². The molecule has 15 heavy (non-hydrogen) atoms. The highest BCUT2D eigenvalue weighted by Crippen LogP contribution is 2.38. The van der Waals surface area contributed by atoms with E-state index in [9.17, 15) is 4.79 Å². The molecule has 0 aliphatic carbocycles. The van der Waals surface area contributed by atoms with Crippen LogP contribution in [0.4, 0.5) is 0 Å². The maximum Gasteiger partial charge on any atom is 0.237 e. The van der Waals surface area contributed by atoms with Crippen molar-refractivity contribution in [3.05, 3.63) is 0 Å². The zero-order valence-corrected chi connectivity index (χ0v) is 10.4. The molecule has 2 saturated heterocycles. The summed E-state index contributed by atoms with van der Waals surface area (Å²) in [5.74, 6) is -0.336. The van der Waals surface area contributed by atoms with Gasteiger partial charge in [-0.25, -0.2) is 0 Å². The number of hydrogen-bond donors (Lipinski definition) is 2. The van der Waals surface area contributed by atoms with Gasteiger partial charge in [0, 0.05) is 12.1 Å². The van der Waals surface area contributed by atoms with Gasteiger partial charge < -0.3 is 16.4 Å². The largest absolute Gasteiger partial charge is 0.368 e. The molecule has 0 saturated carbocycles. The summed E-state index contributed by atoms with van der Waals surface area (Å²) in [6.07, 6.45) is 3.78. The third-order valence-corrected chi connectivity index (χ3v) is 3.68. The first-order chi connectivity index (χ1) is 6.03. The van der Waals surface area contributed by atoms with E-state index in [1.54, 1.807) is 0 Å². The lowest BCUT2D eigenvalue weighted by Crippen LogP contribution is -2.61. The van der Waals surface area contributed by atoms with Gasteiger partial charge in [0.05, 0.1) is 5.54 Å². The van der Waals surface area contributed by atoms with Crippen molar-refractivity contribution in [1.82, 2.24) is 4.90 Å². The zero-order chi connectivity index (χ0) is 9.64. The maximum absolute atomic E-state index is 11.2. The monoisotopic (exact) mass is 255 g/mol. The SMILES string of the molecule is CN1C2CCC1CC(N)(C(N)=O)C2.Cl.Cl. The average molecular weight is 256 g/mol. The Morgan fingerprint density at radius 3 is 2.00 bits per heavy atom. The number of hydrogen-bond acceptors (Lipinski definition) is 3. The van der Waals surface area contributed by atoms with E-state index in [4.69, 9.17) is 11.5 Å². The Hall–Kier alpha value is -0.0300. The quantitative estimate of drug-likeness (QED) is 0.707. The molecule has 0 radical (unpaired) electrons. The van der Waals surface area contributed by atoms with E-state index in [0.717, 1.165) is 25.7 Å². The zero-order valence-electron chi connectivity index (χ0n) is 8.81. The number of rotatable bonds is 1. The minimum Gasteiger partial charge on any atom is -0.368 e. The molecule has 2 unspecified atom stereocenters. The lowest BCUT2D eigenvalue weighted by molar-refractivity contribution is -0.125. The molecule has 2 aliphatic heterocycles. The molecule has 2 heterocycles. The molecule has 2 rings (SSSR count). The first kappa shape index (κ1) is 15.0. The van der Waals surface area contributed by atoms with Crippen molar-refractivity contribution >= 4 is 30.7 Å². The molecule has 90 valence electrons. The molecular weight excluding hydrogens is 237 g/mol. The Labute approximate surface area is 103 Å². The van der Waals surface area contributed by atoms with Crippen LogP contribution in [0, 0.1) is 0 Å². The number of nitrogens with zero attached hydrogens (tertiary/aromatic N) is 1. The first-order valence-electron chi connectivity index (χ1n) is 4.84. The second-order valence-corrected chi connectivity index (χ2v) is 4.48. The number of amides is 1. The van der Waals surface area contributed by atoms with Gasteiger partial charge in [0.1, 0.15) is 0 Å². The highest BCUT2D eigenvalue weighted by Gasteiger charge is 2.47. The number of fused-ring (bicyclic) bond motifs is 2. The Balaban J connectivity index is 0.000000980. The van der Waals surface area contributed by atoms with Gasteiger partial charge in [0.25, 0.3) is 0 Å². The third-order valence-electron chi connectivity index (χ3n) is 3.68. The lowest BCUT2D eigenvalue weighted by Gasteiger charge is -2.41. The first-order valence-corrected chi connectivity index (χ1v) is 4.84. The minimum atomic E-state index is -0.738. The van der Waals surface area contributed by atoms with E-state index in [1.165, 1.54) is 0 Å². The molecule has 2 aliphatic rings. The molecule has 0 aromatic heterocycles. The van der Waals surface area contributed by atoms with Gasteiger partial charge in [-0.1, -0.05) is 0 Å². The second kappa shape index (κ2) is 4.87. The molecule has 0 aromatic carbocycles. The van der Waals surface area contributed by atoms with Crippen LogP contribution in [-0.2, 0) is 4.79 Å². The van der Waals surface area contributed by atoms with Crippen molar-refractivity contribution in [3.63, 3.8) is 0 Å². The van der Waals surface area contributed by atoms with Gasteiger partial charge in [0.15, 0.2) is 0 Å². The van der Waals surface area contributed by atoms with Gasteiger partial charge in [-0.15, -0.1) is 24.8 Å². The van der Waals surface area contributed by atoms with Crippen molar-refractivity contribution in [2.24, 2.45) is 11.5 Å². The molecule has 2 bridgehead atoms. The molecule has 2 fully saturated rings. The lowest BCUT2D eigenvalue weighted by atomic mass is 9.83. The van der Waals surface area contributed by atoms with Crippen LogP contribution in [0.25, 0.3) is 0 Å². The maximum atomic E-state index is 11.2. The third kappa shape index (κ3) is 2.38. The summed E-state index contributed by atoms with van der Waals surface area (Å²) >= 11 is 0. The summed E-state index contributed by atoms with van der Waals surface area (Å²) in [5.41, 5.74) is 10.6. The summed E-state index contributed by atoms with van der Waals surface area (Å²) < 4.78 is 0. The topological polar surface area (TPSA) is 72.3 Å². The van der Waals surface area contributed by atoms with Crippen molar-refractivity contribution < 1.29 is 4.79 Å². The molecule has 2 atom stereocenters. The summed E-state index contributed by atoms with van der Waals surface area (Å²) in [5, 5.41) is 0. The van der Waals surface area contributed by atoms with Crippen molar-refractivity contribution in [3.8, 4) is 0 Å². The molecule has 0 aromatic rings. The number of piperidine rings is 1. The minimum absolute atomic E-state index is 0. The van der Waals surface area contributed by atoms with Crippen LogP contribution in [0.5, 0.6) is 0 Å². The van der Waals surface area contributed by atoms with Crippen LogP contribution >= 0.6 is 24.8 Å². The number of carbonyl (C=O) groups is 1. The number of carbonyl (C=O) groups excluding carboxylic acids is 1. The Kier molecular flexibility index (Phi) is 4.86. The average Bonchev–Trinajstić information content (AvgIpc) is 2.33. The van der Waals surface area contributed by atoms with Gasteiger partial charge in [-0.05, 0) is 32.7 Å². The van der Waals surface area contributed by atoms with E-state index >= 15 is 0 Å². The number of nitrogens with two attached hydrogens (primary N) is 2. The van der Waals surface area contributed by atoms with E-state index in [1.807, 2.05) is 0 Å². The molecule has 6 heteroatoms. The molecule has 1 amide bonds. The fourth-order valence-electron chi connectivity index (χ4n) is 2.71. The van der Waals surface area contributed by atoms with Crippen molar-refractivity contribution in [1.29, 1.82) is 0 Å². The number of primary amides is 1. The van der Waals surface area contributed by atoms with E-state index < -0.39 is 5.54 Å². The van der Waals surface area contributed by atoms with Crippen LogP contribution in [0.3, 0.4) is 0 Å². The fourth-order valence-corrected chi connectivity index (χ4v) is 2.71. The van der Waals surface area contributed by atoms with Crippen LogP contribution < -0.4 is 11.5 Å². The Morgan fingerprint density at radius 1 is 1.27 bits per heavy atom. The van der Waals surface area contributed by atoms with Crippen LogP contribution in [-0.4, -0.2) is 35.5 Å². The predicted octanol–water partition coefficient (Wildman–Crippen LogP) is 0.269. The second-order valence-electron chi connectivity index (χ2n) is 4.48. The van der Waals surface area contributed by atoms with Gasteiger partial charge >= 0.3 is 0 Å². The van der Waals surface area contributed by atoms with Gasteiger partial charge in [0.2, 0.25) is 5.91 Å².